The molecule has 6 rings (SSSR count). The van der Waals surface area contributed by atoms with Crippen LogP contribution in [-0.2, 0) is 128 Å². The second-order valence-corrected chi connectivity index (χ2v) is 40.2. The molecule has 0 radical (unpaired) electrons. The first-order chi connectivity index (χ1) is 67.4. The summed E-state index contributed by atoms with van der Waals surface area (Å²) in [5.41, 5.74) is 0.662. The van der Waals surface area contributed by atoms with Crippen molar-refractivity contribution in [1.82, 2.24) is 0 Å². The van der Waals surface area contributed by atoms with Crippen molar-refractivity contribution in [2.45, 2.75) is 262 Å². The highest BCUT2D eigenvalue weighted by molar-refractivity contribution is 7.54. The number of ketones is 6. The fraction of sp³-hybridized carbons (Fsp3) is 0.378. The number of esters is 6. The van der Waals surface area contributed by atoms with E-state index in [0.717, 1.165) is 39.7 Å². The number of carboxylic acid groups (broad SMARTS) is 1. The summed E-state index contributed by atoms with van der Waals surface area (Å²) in [6, 6.07) is 56.3. The molecule has 0 aromatic heterocycles. The average Bonchev–Trinajstić information content (AvgIpc) is 0.828. The molecule has 6 aromatic rings. The first-order valence-electron chi connectivity index (χ1n) is 47.4. The molecule has 0 aliphatic rings. The van der Waals surface area contributed by atoms with Gasteiger partial charge in [0.2, 0.25) is 0 Å². The molecule has 25 heteroatoms. The number of carbonyl (C=O) groups excluding carboxylic acids is 13. The Morgan fingerprint density at radius 2 is 0.562 bits per heavy atom. The maximum absolute atomic E-state index is 12.9. The van der Waals surface area contributed by atoms with Crippen molar-refractivity contribution in [2.75, 3.05) is 20.4 Å². The quantitative estimate of drug-likeness (QED) is 0.00545. The number of hydrogen-bond acceptors (Lipinski definition) is 23. The van der Waals surface area contributed by atoms with Gasteiger partial charge in [0.1, 0.15) is 57.4 Å². The summed E-state index contributed by atoms with van der Waals surface area (Å²) in [4.78, 5) is 167. The van der Waals surface area contributed by atoms with E-state index in [1.807, 2.05) is 259 Å². The van der Waals surface area contributed by atoms with Crippen LogP contribution in [0.5, 0.6) is 0 Å². The molecule has 0 aliphatic heterocycles. The van der Waals surface area contributed by atoms with Gasteiger partial charge in [-0.1, -0.05) is 286 Å². The van der Waals surface area contributed by atoms with Gasteiger partial charge in [-0.25, -0.2) is 9.59 Å². The molecule has 0 amide bonds. The van der Waals surface area contributed by atoms with Crippen LogP contribution < -0.4 is 0 Å². The first-order valence-corrected chi connectivity index (χ1v) is 49.1. The van der Waals surface area contributed by atoms with Crippen LogP contribution in [0.25, 0.3) is 0 Å². The summed E-state index contributed by atoms with van der Waals surface area (Å²) < 4.78 is 53.0. The predicted molar refractivity (Wildman–Crippen MR) is 572 cm³/mol. The SMILES string of the molecule is C/C=C/C=C/C(=O)C(CC(C(=O)OC(C)(C)C)C(=O)OC(C)(C)C)c1ccccc1.C/C=C/C=C/C(=O)C(CC(C(=O)OC(C)(C)C)C(=O)OC(C)(C)C)c1ccccc1.C/C=C/C=C/C(=O)C(CCC(=O)O)c1ccccc1.C/C=C/C=C/C(=O)Cc1ccccc1.C/C=C/C=C/C(=O)Cc1ccccc1.C/C=C/C=O.C=C(C(=O)OC(C)(C)C)C(=O)OC(C)(C)C.COP(=O)(CC(=O)Cc1ccccc1)OC. The lowest BCUT2D eigenvalue weighted by Crippen LogP contribution is -2.38. The van der Waals surface area contributed by atoms with E-state index in [4.69, 9.17) is 42.6 Å². The van der Waals surface area contributed by atoms with Crippen molar-refractivity contribution in [2.24, 2.45) is 11.8 Å². The van der Waals surface area contributed by atoms with Crippen molar-refractivity contribution in [3.05, 3.63) is 361 Å². The van der Waals surface area contributed by atoms with E-state index in [1.54, 1.807) is 198 Å². The van der Waals surface area contributed by atoms with Crippen molar-refractivity contribution < 1.29 is 114 Å². The molecule has 0 bridgehead atoms. The van der Waals surface area contributed by atoms with Crippen LogP contribution in [0.4, 0.5) is 0 Å². The third-order valence-corrected chi connectivity index (χ3v) is 19.9. The van der Waals surface area contributed by atoms with E-state index in [1.165, 1.54) is 38.5 Å². The fourth-order valence-electron chi connectivity index (χ4n) is 11.7. The highest BCUT2D eigenvalue weighted by atomic mass is 31.2. The zero-order valence-corrected chi connectivity index (χ0v) is 90.0. The molecule has 3 atom stereocenters. The largest absolute Gasteiger partial charge is 0.481 e. The topological polar surface area (TPSA) is 350 Å². The average molecular weight is 2000 g/mol. The number of carbonyl (C=O) groups is 14. The maximum atomic E-state index is 12.9. The Labute approximate surface area is 855 Å². The van der Waals surface area contributed by atoms with Crippen LogP contribution in [0.15, 0.2) is 328 Å². The number of benzene rings is 6. The molecule has 6 aromatic carbocycles. The van der Waals surface area contributed by atoms with Crippen molar-refractivity contribution in [3.8, 4) is 0 Å². The Balaban J connectivity index is 0. The molecule has 0 saturated heterocycles. The number of Topliss-reactive ketones (excluding diaryl/α,β-unsaturated/α-hetero) is 1. The summed E-state index contributed by atoms with van der Waals surface area (Å²) in [5.74, 6) is -9.68. The molecule has 0 aliphatic carbocycles. The summed E-state index contributed by atoms with van der Waals surface area (Å²) in [6.07, 6.45) is 39.5. The van der Waals surface area contributed by atoms with Gasteiger partial charge < -0.3 is 42.6 Å². The standard InChI is InChI=1S/2C25H34O5.C16H18O3.2C13H14O.C12H20O4.C11H15O4P.C4H6O/c2*1-8-9-11-16-21(26)19(18-14-12-10-13-15-18)17-20(22(27)29-24(2,3)4)23(28)30-25(5,6)7;1-2-3-5-10-15(17)14(11-12-16(18)19)13-8-6-4-7-9-13;2*1-2-3-5-10-13(14)11-12-8-6-4-7-9-12;1-8(9(13)15-11(2,3)4)10(14)16-12(5,6)7;1-14-16(13,15-2)9-11(12)8-10-6-4-3-5-7-10;1-2-3-4-5/h2*8-16,19-20H,17H2,1-7H3;2-10,14H,11-12H2,1H3,(H,18,19);2*2-10H,11H2,1H3;1H2,2-7H3;3-7H,8-9H2,1-2H3;2-4H,1H3/b2*9-8+,16-11+;3*3-2+,10-5+;;;3-2+. The lowest BCUT2D eigenvalue weighted by molar-refractivity contribution is -0.177. The third kappa shape index (κ3) is 67.7. The van der Waals surface area contributed by atoms with Crippen LogP contribution in [-0.4, -0.2) is 142 Å². The van der Waals surface area contributed by atoms with Gasteiger partial charge in [0.15, 0.2) is 40.8 Å². The van der Waals surface area contributed by atoms with E-state index in [-0.39, 0.29) is 78.0 Å². The van der Waals surface area contributed by atoms with Crippen molar-refractivity contribution in [1.29, 1.82) is 0 Å². The smallest absolute Gasteiger partial charge is 0.345 e. The summed E-state index contributed by atoms with van der Waals surface area (Å²) in [5, 5.41) is 8.76. The monoisotopic (exact) mass is 2000 g/mol. The van der Waals surface area contributed by atoms with Gasteiger partial charge in [0, 0.05) is 57.7 Å². The van der Waals surface area contributed by atoms with Crippen LogP contribution in [0.2, 0.25) is 0 Å². The van der Waals surface area contributed by atoms with Gasteiger partial charge in [-0.2, -0.15) is 0 Å². The molecule has 3 unspecified atom stereocenters. The van der Waals surface area contributed by atoms with E-state index in [0.29, 0.717) is 19.3 Å². The number of aliphatic carboxylic acids is 1. The zero-order valence-electron chi connectivity index (χ0n) is 89.1. The molecule has 1 N–H and O–H groups in total. The molecular formula is C119H155O24P. The third-order valence-electron chi connectivity index (χ3n) is 18.0. The molecule has 144 heavy (non-hydrogen) atoms. The van der Waals surface area contributed by atoms with Crippen molar-refractivity contribution in [3.63, 3.8) is 0 Å². The Bertz CT molecular complexity index is 5020. The second-order valence-electron chi connectivity index (χ2n) is 37.9. The second kappa shape index (κ2) is 71.7. The lowest BCUT2D eigenvalue weighted by atomic mass is 9.85. The van der Waals surface area contributed by atoms with Gasteiger partial charge in [-0.3, -0.25) is 62.1 Å². The zero-order chi connectivity index (χ0) is 110. The fourth-order valence-corrected chi connectivity index (χ4v) is 12.7. The lowest BCUT2D eigenvalue weighted by Gasteiger charge is -2.28. The van der Waals surface area contributed by atoms with Gasteiger partial charge in [0.05, 0.1) is 0 Å². The highest BCUT2D eigenvalue weighted by Gasteiger charge is 2.41. The minimum Gasteiger partial charge on any atom is -0.481 e. The van der Waals surface area contributed by atoms with Gasteiger partial charge >= 0.3 is 49.4 Å². The van der Waals surface area contributed by atoms with E-state index in [9.17, 15) is 71.7 Å². The summed E-state index contributed by atoms with van der Waals surface area (Å²) >= 11 is 0. The molecule has 780 valence electrons. The molecule has 0 saturated carbocycles. The van der Waals surface area contributed by atoms with Gasteiger partial charge in [-0.15, -0.1) is 0 Å². The summed E-state index contributed by atoms with van der Waals surface area (Å²) in [7, 11) is -0.668. The minimum atomic E-state index is -3.22. The van der Waals surface area contributed by atoms with E-state index >= 15 is 0 Å². The molecule has 0 spiro atoms. The van der Waals surface area contributed by atoms with E-state index < -0.39 is 107 Å². The van der Waals surface area contributed by atoms with E-state index in [2.05, 4.69) is 6.58 Å². The predicted octanol–water partition coefficient (Wildman–Crippen LogP) is 24.8. The first kappa shape index (κ1) is 132. The Kier molecular flexibility index (Phi) is 65.9. The van der Waals surface area contributed by atoms with Crippen LogP contribution in [0.1, 0.15) is 243 Å². The van der Waals surface area contributed by atoms with Crippen LogP contribution >= 0.6 is 7.60 Å². The number of hydrogen-bond donors (Lipinski definition) is 1. The normalized spacial score (nSPS) is 12.4. The Morgan fingerprint density at radius 3 is 0.792 bits per heavy atom. The number of aldehydes is 1. The van der Waals surface area contributed by atoms with Crippen LogP contribution in [0.3, 0.4) is 0 Å². The summed E-state index contributed by atoms with van der Waals surface area (Å²) in [6.45, 7) is 45.7. The highest BCUT2D eigenvalue weighted by Crippen LogP contribution is 2.46. The van der Waals surface area contributed by atoms with Gasteiger partial charge in [-0.05, 0) is 255 Å². The van der Waals surface area contributed by atoms with Crippen molar-refractivity contribution >= 4 is 90.4 Å². The maximum Gasteiger partial charge on any atom is 0.345 e. The molecule has 0 heterocycles. The van der Waals surface area contributed by atoms with Crippen LogP contribution in [0, 0.1) is 11.8 Å². The molecule has 0 fully saturated rings. The number of carboxylic acids is 1. The molecular weight excluding hydrogens is 1840 g/mol. The number of ether oxygens (including phenoxy) is 6. The van der Waals surface area contributed by atoms with Gasteiger partial charge in [0.25, 0.3) is 0 Å². The minimum absolute atomic E-state index is 0.0112. The Morgan fingerprint density at radius 1 is 0.326 bits per heavy atom. The number of rotatable bonds is 40. The number of allylic oxidation sites excluding steroid dienone is 22. The Hall–Kier alpha value is -13.7. The molecule has 24 nitrogen and oxygen atoms in total.